The molecule has 1 N–H and O–H groups in total. The molecule has 0 spiro atoms. The Morgan fingerprint density at radius 1 is 1.22 bits per heavy atom. The number of rotatable bonds is 2. The van der Waals surface area contributed by atoms with E-state index < -0.39 is 11.9 Å². The lowest BCUT2D eigenvalue weighted by Crippen LogP contribution is -2.09. The molecule has 94 valence electrons. The van der Waals surface area contributed by atoms with Gasteiger partial charge in [-0.3, -0.25) is 0 Å². The number of aromatic amines is 1. The lowest BCUT2D eigenvalue weighted by Gasteiger charge is -2.09. The molecule has 0 saturated heterocycles. The zero-order chi connectivity index (χ0) is 12.8. The maximum Gasteiger partial charge on any atom is 0.433 e. The molecule has 0 unspecified atom stereocenters. The normalized spacial score (nSPS) is 15.9. The van der Waals surface area contributed by atoms with Crippen LogP contribution < -0.4 is 0 Å². The van der Waals surface area contributed by atoms with Crippen LogP contribution in [0, 0.1) is 0 Å². The number of alkyl halides is 3. The monoisotopic (exact) mass is 254 g/mol. The van der Waals surface area contributed by atoms with Crippen LogP contribution in [-0.4, -0.2) is 20.4 Å². The van der Waals surface area contributed by atoms with Crippen LogP contribution >= 0.6 is 0 Å². The third-order valence-corrected chi connectivity index (χ3v) is 2.84. The van der Waals surface area contributed by atoms with Gasteiger partial charge in [0.15, 0.2) is 0 Å². The molecule has 0 radical (unpaired) electrons. The standard InChI is InChI=1S/C11H9F3N4/c12-11(13,14)10-4-7(9-5-15-18-17-9)3-8(16-10)6-1-2-6/h3-6H,1-2H2,(H,15,17,18). The Hall–Kier alpha value is -1.92. The molecule has 0 aliphatic heterocycles. The second-order valence-electron chi connectivity index (χ2n) is 4.29. The smallest absolute Gasteiger partial charge is 0.248 e. The Morgan fingerprint density at radius 2 is 2.00 bits per heavy atom. The Balaban J connectivity index is 2.11. The minimum Gasteiger partial charge on any atom is -0.248 e. The van der Waals surface area contributed by atoms with Crippen LogP contribution in [0.3, 0.4) is 0 Å². The first kappa shape index (κ1) is 11.2. The number of halogens is 3. The predicted octanol–water partition coefficient (Wildman–Crippen LogP) is 2.76. The van der Waals surface area contributed by atoms with E-state index in [1.54, 1.807) is 6.07 Å². The molecule has 0 aromatic carbocycles. The van der Waals surface area contributed by atoms with Crippen molar-refractivity contribution in [1.82, 2.24) is 20.4 Å². The van der Waals surface area contributed by atoms with Gasteiger partial charge in [-0.1, -0.05) is 0 Å². The molecule has 1 aliphatic carbocycles. The van der Waals surface area contributed by atoms with E-state index in [9.17, 15) is 13.2 Å². The molecule has 0 bridgehead atoms. The molecule has 1 saturated carbocycles. The van der Waals surface area contributed by atoms with Gasteiger partial charge >= 0.3 is 6.18 Å². The van der Waals surface area contributed by atoms with Gasteiger partial charge in [0.25, 0.3) is 0 Å². The van der Waals surface area contributed by atoms with Gasteiger partial charge < -0.3 is 0 Å². The third kappa shape index (κ3) is 2.07. The highest BCUT2D eigenvalue weighted by Crippen LogP contribution is 2.41. The molecule has 2 heterocycles. The Kier molecular flexibility index (Phi) is 2.36. The molecule has 2 aromatic rings. The van der Waals surface area contributed by atoms with Gasteiger partial charge in [0, 0.05) is 17.2 Å². The molecule has 1 aliphatic rings. The third-order valence-electron chi connectivity index (χ3n) is 2.84. The Labute approximate surface area is 100 Å². The van der Waals surface area contributed by atoms with Crippen molar-refractivity contribution in [3.8, 4) is 11.3 Å². The van der Waals surface area contributed by atoms with Crippen molar-refractivity contribution in [2.75, 3.05) is 0 Å². The molecule has 4 nitrogen and oxygen atoms in total. The highest BCUT2D eigenvalue weighted by atomic mass is 19.4. The van der Waals surface area contributed by atoms with E-state index in [0.29, 0.717) is 17.0 Å². The molecule has 3 rings (SSSR count). The van der Waals surface area contributed by atoms with Crippen molar-refractivity contribution < 1.29 is 13.2 Å². The summed E-state index contributed by atoms with van der Waals surface area (Å²) in [5.41, 5.74) is 0.408. The highest BCUT2D eigenvalue weighted by Gasteiger charge is 2.35. The van der Waals surface area contributed by atoms with Crippen molar-refractivity contribution in [1.29, 1.82) is 0 Å². The second kappa shape index (κ2) is 3.79. The van der Waals surface area contributed by atoms with Crippen LogP contribution in [0.4, 0.5) is 13.2 Å². The van der Waals surface area contributed by atoms with Crippen LogP contribution in [0.2, 0.25) is 0 Å². The quantitative estimate of drug-likeness (QED) is 0.896. The van der Waals surface area contributed by atoms with E-state index in [-0.39, 0.29) is 5.92 Å². The summed E-state index contributed by atoms with van der Waals surface area (Å²) < 4.78 is 38.3. The van der Waals surface area contributed by atoms with E-state index in [2.05, 4.69) is 20.4 Å². The zero-order valence-corrected chi connectivity index (χ0v) is 9.20. The minimum absolute atomic E-state index is 0.151. The molecule has 2 aromatic heterocycles. The van der Waals surface area contributed by atoms with Crippen LogP contribution in [0.1, 0.15) is 30.1 Å². The maximum absolute atomic E-state index is 12.8. The van der Waals surface area contributed by atoms with Crippen LogP contribution in [0.25, 0.3) is 11.3 Å². The van der Waals surface area contributed by atoms with E-state index in [1.807, 2.05) is 0 Å². The SMILES string of the molecule is FC(F)(F)c1cc(-c2cn[nH]n2)cc(C2CC2)n1. The average molecular weight is 254 g/mol. The first-order chi connectivity index (χ1) is 8.54. The molecular formula is C11H9F3N4. The second-order valence-corrected chi connectivity index (χ2v) is 4.29. The summed E-state index contributed by atoms with van der Waals surface area (Å²) in [4.78, 5) is 3.69. The Morgan fingerprint density at radius 3 is 2.56 bits per heavy atom. The van der Waals surface area contributed by atoms with Gasteiger partial charge in [-0.15, -0.1) is 0 Å². The lowest BCUT2D eigenvalue weighted by atomic mass is 10.1. The fourth-order valence-electron chi connectivity index (χ4n) is 1.77. The van der Waals surface area contributed by atoms with E-state index in [1.165, 1.54) is 6.20 Å². The summed E-state index contributed by atoms with van der Waals surface area (Å²) in [6.45, 7) is 0. The summed E-state index contributed by atoms with van der Waals surface area (Å²) in [6.07, 6.45) is -1.26. The maximum atomic E-state index is 12.8. The van der Waals surface area contributed by atoms with E-state index in [4.69, 9.17) is 0 Å². The summed E-state index contributed by atoms with van der Waals surface area (Å²) >= 11 is 0. The molecule has 18 heavy (non-hydrogen) atoms. The number of hydrogen-bond acceptors (Lipinski definition) is 3. The summed E-state index contributed by atoms with van der Waals surface area (Å²) in [5, 5.41) is 9.79. The van der Waals surface area contributed by atoms with Gasteiger partial charge in [-0.25, -0.2) is 4.98 Å². The van der Waals surface area contributed by atoms with Gasteiger partial charge in [0.2, 0.25) is 0 Å². The summed E-state index contributed by atoms with van der Waals surface area (Å²) in [5.74, 6) is 0.151. The van der Waals surface area contributed by atoms with Crippen molar-refractivity contribution in [3.63, 3.8) is 0 Å². The average Bonchev–Trinajstić information content (AvgIpc) is 3.03. The van der Waals surface area contributed by atoms with E-state index in [0.717, 1.165) is 18.9 Å². The summed E-state index contributed by atoms with van der Waals surface area (Å²) in [6, 6.07) is 2.66. The number of aromatic nitrogens is 4. The van der Waals surface area contributed by atoms with Gasteiger partial charge in [-0.05, 0) is 25.0 Å². The topological polar surface area (TPSA) is 54.5 Å². The van der Waals surface area contributed by atoms with Crippen LogP contribution in [0.15, 0.2) is 18.3 Å². The largest absolute Gasteiger partial charge is 0.433 e. The first-order valence-electron chi connectivity index (χ1n) is 5.49. The Bertz CT molecular complexity index is 558. The highest BCUT2D eigenvalue weighted by molar-refractivity contribution is 5.59. The van der Waals surface area contributed by atoms with Crippen LogP contribution in [0.5, 0.6) is 0 Å². The van der Waals surface area contributed by atoms with Crippen molar-refractivity contribution in [3.05, 3.63) is 29.7 Å². The number of nitrogens with zero attached hydrogens (tertiary/aromatic N) is 3. The minimum atomic E-state index is -4.44. The van der Waals surface area contributed by atoms with E-state index >= 15 is 0 Å². The fourth-order valence-corrected chi connectivity index (χ4v) is 1.77. The van der Waals surface area contributed by atoms with Crippen molar-refractivity contribution in [2.24, 2.45) is 0 Å². The van der Waals surface area contributed by atoms with Gasteiger partial charge in [0.05, 0.1) is 6.20 Å². The zero-order valence-electron chi connectivity index (χ0n) is 9.20. The number of pyridine rings is 1. The van der Waals surface area contributed by atoms with Crippen molar-refractivity contribution in [2.45, 2.75) is 24.9 Å². The molecule has 0 amide bonds. The van der Waals surface area contributed by atoms with Crippen molar-refractivity contribution >= 4 is 0 Å². The van der Waals surface area contributed by atoms with Crippen LogP contribution in [-0.2, 0) is 6.18 Å². The lowest BCUT2D eigenvalue weighted by molar-refractivity contribution is -0.141. The molecule has 1 fully saturated rings. The first-order valence-corrected chi connectivity index (χ1v) is 5.49. The number of H-pyrrole nitrogens is 1. The number of hydrogen-bond donors (Lipinski definition) is 1. The summed E-state index contributed by atoms with van der Waals surface area (Å²) in [7, 11) is 0. The van der Waals surface area contributed by atoms with Gasteiger partial charge in [0.1, 0.15) is 11.4 Å². The number of nitrogens with one attached hydrogen (secondary N) is 1. The fraction of sp³-hybridized carbons (Fsp3) is 0.364. The molecule has 7 heteroatoms. The van der Waals surface area contributed by atoms with Gasteiger partial charge in [-0.2, -0.15) is 28.6 Å². The predicted molar refractivity (Wildman–Crippen MR) is 56.6 cm³/mol. The molecule has 0 atom stereocenters. The molecular weight excluding hydrogens is 245 g/mol.